The average Bonchev–Trinajstić information content (AvgIpc) is 2.81. The molecule has 0 bridgehead atoms. The lowest BCUT2D eigenvalue weighted by Gasteiger charge is -2.22. The van der Waals surface area contributed by atoms with Gasteiger partial charge < -0.3 is 15.0 Å². The molecule has 1 N–H and O–H groups in total. The maximum atomic E-state index is 5.90. The number of likely N-dealkylation sites (tertiary alicyclic amines) is 1. The van der Waals surface area contributed by atoms with Crippen molar-refractivity contribution in [3.05, 3.63) is 29.8 Å². The number of ether oxygens (including phenoxy) is 1. The lowest BCUT2D eigenvalue weighted by molar-refractivity contribution is 0.220. The van der Waals surface area contributed by atoms with E-state index in [1.165, 1.54) is 12.1 Å². The molecule has 2 atom stereocenters. The molecule has 1 aliphatic heterocycles. The molecule has 0 saturated carbocycles. The zero-order chi connectivity index (χ0) is 15.2. The Kier molecular flexibility index (Phi) is 6.03. The van der Waals surface area contributed by atoms with E-state index in [4.69, 9.17) is 4.74 Å². The largest absolute Gasteiger partial charge is 0.492 e. The van der Waals surface area contributed by atoms with Crippen LogP contribution in [0.5, 0.6) is 5.75 Å². The van der Waals surface area contributed by atoms with E-state index in [9.17, 15) is 0 Å². The summed E-state index contributed by atoms with van der Waals surface area (Å²) in [6, 6.07) is 9.00. The Labute approximate surface area is 129 Å². The van der Waals surface area contributed by atoms with Gasteiger partial charge in [-0.2, -0.15) is 0 Å². The van der Waals surface area contributed by atoms with Crippen LogP contribution in [-0.2, 0) is 6.54 Å². The van der Waals surface area contributed by atoms with E-state index in [2.05, 4.69) is 54.3 Å². The first-order chi connectivity index (χ1) is 10.1. The number of nitrogens with one attached hydrogen (secondary N) is 1. The molecule has 4 heteroatoms. The van der Waals surface area contributed by atoms with Crippen LogP contribution < -0.4 is 10.1 Å². The van der Waals surface area contributed by atoms with Gasteiger partial charge >= 0.3 is 0 Å². The Balaban J connectivity index is 1.76. The third kappa shape index (κ3) is 4.70. The number of rotatable bonds is 7. The van der Waals surface area contributed by atoms with Gasteiger partial charge in [0.05, 0.1) is 0 Å². The smallest absolute Gasteiger partial charge is 0.119 e. The van der Waals surface area contributed by atoms with Gasteiger partial charge in [-0.05, 0) is 44.8 Å². The zero-order valence-corrected chi connectivity index (χ0v) is 13.8. The van der Waals surface area contributed by atoms with Crippen molar-refractivity contribution in [3.8, 4) is 5.75 Å². The fourth-order valence-electron chi connectivity index (χ4n) is 3.14. The Hall–Kier alpha value is -1.10. The van der Waals surface area contributed by atoms with Crippen LogP contribution in [0.1, 0.15) is 12.5 Å². The molecule has 1 saturated heterocycles. The van der Waals surface area contributed by atoms with E-state index >= 15 is 0 Å². The van der Waals surface area contributed by atoms with Crippen LogP contribution in [0.25, 0.3) is 0 Å². The minimum absolute atomic E-state index is 0.670. The van der Waals surface area contributed by atoms with Gasteiger partial charge in [-0.3, -0.25) is 4.90 Å². The predicted molar refractivity (Wildman–Crippen MR) is 87.8 cm³/mol. The maximum absolute atomic E-state index is 5.90. The first-order valence-electron chi connectivity index (χ1n) is 7.85. The average molecular weight is 291 g/mol. The Morgan fingerprint density at radius 1 is 1.33 bits per heavy atom. The summed E-state index contributed by atoms with van der Waals surface area (Å²) in [6.07, 6.45) is 0. The molecule has 1 aromatic carbocycles. The van der Waals surface area contributed by atoms with E-state index < -0.39 is 0 Å². The summed E-state index contributed by atoms with van der Waals surface area (Å²) >= 11 is 0. The van der Waals surface area contributed by atoms with E-state index in [1.54, 1.807) is 0 Å². The number of nitrogens with zero attached hydrogens (tertiary/aromatic N) is 2. The normalized spacial score (nSPS) is 22.9. The topological polar surface area (TPSA) is 27.7 Å². The molecule has 4 nitrogen and oxygen atoms in total. The van der Waals surface area contributed by atoms with Crippen LogP contribution in [0, 0.1) is 5.92 Å². The summed E-state index contributed by atoms with van der Waals surface area (Å²) in [5.74, 6) is 1.71. The molecule has 0 amide bonds. The number of benzene rings is 1. The molecule has 0 aliphatic carbocycles. The van der Waals surface area contributed by atoms with Gasteiger partial charge in [0.1, 0.15) is 12.4 Å². The molecule has 0 spiro atoms. The number of hydrogen-bond acceptors (Lipinski definition) is 4. The molecule has 1 aliphatic rings. The van der Waals surface area contributed by atoms with Gasteiger partial charge in [0, 0.05) is 32.2 Å². The molecule has 1 aromatic rings. The van der Waals surface area contributed by atoms with Crippen molar-refractivity contribution in [3.63, 3.8) is 0 Å². The number of likely N-dealkylation sites (N-methyl/N-ethyl adjacent to an activating group) is 1. The highest BCUT2D eigenvalue weighted by atomic mass is 16.5. The van der Waals surface area contributed by atoms with Crippen molar-refractivity contribution in [1.82, 2.24) is 15.1 Å². The first kappa shape index (κ1) is 16.3. The van der Waals surface area contributed by atoms with Crippen molar-refractivity contribution >= 4 is 0 Å². The quantitative estimate of drug-likeness (QED) is 0.827. The fourth-order valence-corrected chi connectivity index (χ4v) is 3.14. The van der Waals surface area contributed by atoms with Crippen molar-refractivity contribution in [2.75, 3.05) is 47.4 Å². The minimum atomic E-state index is 0.670. The molecule has 118 valence electrons. The van der Waals surface area contributed by atoms with Gasteiger partial charge in [0.25, 0.3) is 0 Å². The van der Waals surface area contributed by atoms with Crippen LogP contribution in [0.15, 0.2) is 24.3 Å². The Morgan fingerprint density at radius 3 is 2.81 bits per heavy atom. The van der Waals surface area contributed by atoms with E-state index in [-0.39, 0.29) is 0 Å². The fraction of sp³-hybridized carbons (Fsp3) is 0.647. The lowest BCUT2D eigenvalue weighted by Crippen LogP contribution is -2.35. The second-order valence-electron chi connectivity index (χ2n) is 6.29. The van der Waals surface area contributed by atoms with Crippen molar-refractivity contribution in [2.24, 2.45) is 5.92 Å². The standard InChI is InChI=1S/C17H29N3O/c1-14-12-20(13-17(14)19(3)4)8-9-21-16-7-5-6-15(10-16)11-18-2/h5-7,10,14,17-18H,8-9,11-13H2,1-4H3. The first-order valence-corrected chi connectivity index (χ1v) is 7.85. The maximum Gasteiger partial charge on any atom is 0.119 e. The van der Waals surface area contributed by atoms with Crippen LogP contribution in [0.2, 0.25) is 0 Å². The SMILES string of the molecule is CNCc1cccc(OCCN2CC(C)C(N(C)C)C2)c1. The van der Waals surface area contributed by atoms with E-state index in [0.717, 1.165) is 37.9 Å². The summed E-state index contributed by atoms with van der Waals surface area (Å²) in [4.78, 5) is 4.85. The summed E-state index contributed by atoms with van der Waals surface area (Å²) in [5.41, 5.74) is 1.26. The molecular weight excluding hydrogens is 262 g/mol. The summed E-state index contributed by atoms with van der Waals surface area (Å²) in [7, 11) is 6.31. The molecule has 1 heterocycles. The van der Waals surface area contributed by atoms with Gasteiger partial charge in [0.2, 0.25) is 0 Å². The third-order valence-corrected chi connectivity index (χ3v) is 4.27. The molecular formula is C17H29N3O. The number of hydrogen-bond donors (Lipinski definition) is 1. The van der Waals surface area contributed by atoms with Gasteiger partial charge in [-0.1, -0.05) is 19.1 Å². The van der Waals surface area contributed by atoms with Gasteiger partial charge in [-0.15, -0.1) is 0 Å². The van der Waals surface area contributed by atoms with Gasteiger partial charge in [-0.25, -0.2) is 0 Å². The van der Waals surface area contributed by atoms with Crippen molar-refractivity contribution < 1.29 is 4.74 Å². The monoisotopic (exact) mass is 291 g/mol. The van der Waals surface area contributed by atoms with Gasteiger partial charge in [0.15, 0.2) is 0 Å². The van der Waals surface area contributed by atoms with Crippen LogP contribution in [0.4, 0.5) is 0 Å². The predicted octanol–water partition coefficient (Wildman–Crippen LogP) is 1.67. The second kappa shape index (κ2) is 7.78. The molecule has 1 fully saturated rings. The van der Waals surface area contributed by atoms with E-state index in [0.29, 0.717) is 6.04 Å². The van der Waals surface area contributed by atoms with Crippen LogP contribution in [-0.4, -0.2) is 63.2 Å². The Bertz CT molecular complexity index is 436. The van der Waals surface area contributed by atoms with Crippen LogP contribution >= 0.6 is 0 Å². The zero-order valence-electron chi connectivity index (χ0n) is 13.8. The molecule has 2 unspecified atom stereocenters. The van der Waals surface area contributed by atoms with Crippen molar-refractivity contribution in [2.45, 2.75) is 19.5 Å². The van der Waals surface area contributed by atoms with Crippen LogP contribution in [0.3, 0.4) is 0 Å². The molecule has 2 rings (SSSR count). The Morgan fingerprint density at radius 2 is 2.14 bits per heavy atom. The highest BCUT2D eigenvalue weighted by molar-refractivity contribution is 5.28. The van der Waals surface area contributed by atoms with E-state index in [1.807, 2.05) is 13.1 Å². The molecule has 0 radical (unpaired) electrons. The summed E-state index contributed by atoms with van der Waals surface area (Å²) < 4.78 is 5.90. The highest BCUT2D eigenvalue weighted by Crippen LogP contribution is 2.20. The summed E-state index contributed by atoms with van der Waals surface area (Å²) in [6.45, 7) is 7.31. The second-order valence-corrected chi connectivity index (χ2v) is 6.29. The molecule has 0 aromatic heterocycles. The summed E-state index contributed by atoms with van der Waals surface area (Å²) in [5, 5.41) is 3.16. The van der Waals surface area contributed by atoms with Crippen molar-refractivity contribution in [1.29, 1.82) is 0 Å². The minimum Gasteiger partial charge on any atom is -0.492 e. The highest BCUT2D eigenvalue weighted by Gasteiger charge is 2.30. The molecule has 21 heavy (non-hydrogen) atoms. The third-order valence-electron chi connectivity index (χ3n) is 4.27. The lowest BCUT2D eigenvalue weighted by atomic mass is 10.1.